The molecular weight excluding hydrogens is 388 g/mol. The molecule has 1 amide bonds. The first-order valence-corrected chi connectivity index (χ1v) is 9.95. The number of nitrogens with zero attached hydrogens (tertiary/aromatic N) is 3. The molecule has 0 aliphatic heterocycles. The van der Waals surface area contributed by atoms with Crippen LogP contribution >= 0.6 is 0 Å². The highest BCUT2D eigenvalue weighted by atomic mass is 16.5. The van der Waals surface area contributed by atoms with Gasteiger partial charge in [0, 0.05) is 42.1 Å². The molecule has 0 bridgehead atoms. The van der Waals surface area contributed by atoms with Gasteiger partial charge < -0.3 is 10.1 Å². The molecule has 0 unspecified atom stereocenters. The summed E-state index contributed by atoms with van der Waals surface area (Å²) in [5, 5.41) is 4.55. The number of nitrogens with one attached hydrogen (secondary N) is 1. The molecule has 0 fully saturated rings. The molecule has 6 nitrogen and oxygen atoms in total. The van der Waals surface area contributed by atoms with Crippen molar-refractivity contribution in [1.82, 2.24) is 19.9 Å². The largest absolute Gasteiger partial charge is 0.457 e. The van der Waals surface area contributed by atoms with Crippen molar-refractivity contribution in [1.29, 1.82) is 0 Å². The van der Waals surface area contributed by atoms with E-state index in [0.717, 1.165) is 44.4 Å². The van der Waals surface area contributed by atoms with Gasteiger partial charge in [0.1, 0.15) is 11.5 Å². The molecule has 0 aliphatic carbocycles. The standard InChI is InChI=1S/C25H20N4O2/c1-16-13-19-14-20(4-6-23(19)29(16)25(30)26-2)31-24-9-12-28-22-15-18(3-5-21(22)24)17-7-10-27-11-8-17/h3-15H,1-2H3,(H,26,30). The minimum absolute atomic E-state index is 0.161. The number of rotatable bonds is 3. The average molecular weight is 408 g/mol. The van der Waals surface area contributed by atoms with E-state index in [1.165, 1.54) is 0 Å². The Bertz CT molecular complexity index is 1420. The maximum atomic E-state index is 12.2. The molecule has 0 saturated heterocycles. The highest BCUT2D eigenvalue weighted by molar-refractivity contribution is 5.94. The summed E-state index contributed by atoms with van der Waals surface area (Å²) in [6.07, 6.45) is 5.31. The van der Waals surface area contributed by atoms with E-state index in [4.69, 9.17) is 4.74 Å². The van der Waals surface area contributed by atoms with Crippen molar-refractivity contribution in [3.05, 3.63) is 84.9 Å². The Morgan fingerprint density at radius 1 is 0.935 bits per heavy atom. The van der Waals surface area contributed by atoms with Crippen LogP contribution in [-0.2, 0) is 0 Å². The Morgan fingerprint density at radius 3 is 2.58 bits per heavy atom. The third-order valence-corrected chi connectivity index (χ3v) is 5.32. The second kappa shape index (κ2) is 7.57. The quantitative estimate of drug-likeness (QED) is 0.426. The number of hydrogen-bond acceptors (Lipinski definition) is 4. The van der Waals surface area contributed by atoms with E-state index in [0.29, 0.717) is 5.75 Å². The molecule has 2 aromatic carbocycles. The lowest BCUT2D eigenvalue weighted by atomic mass is 10.0. The predicted molar refractivity (Wildman–Crippen MR) is 122 cm³/mol. The van der Waals surface area contributed by atoms with Crippen LogP contribution in [0.4, 0.5) is 4.79 Å². The predicted octanol–water partition coefficient (Wildman–Crippen LogP) is 5.54. The molecule has 5 aromatic rings. The Kier molecular flexibility index (Phi) is 4.59. The number of amides is 1. The summed E-state index contributed by atoms with van der Waals surface area (Å²) in [5.41, 5.74) is 4.73. The fourth-order valence-corrected chi connectivity index (χ4v) is 3.84. The summed E-state index contributed by atoms with van der Waals surface area (Å²) in [7, 11) is 1.62. The van der Waals surface area contributed by atoms with E-state index in [2.05, 4.69) is 21.4 Å². The van der Waals surface area contributed by atoms with Crippen LogP contribution in [-0.4, -0.2) is 27.6 Å². The molecular formula is C25H20N4O2. The lowest BCUT2D eigenvalue weighted by Crippen LogP contribution is -2.25. The summed E-state index contributed by atoms with van der Waals surface area (Å²) in [6, 6.07) is 19.5. The molecule has 3 heterocycles. The Labute approximate surface area is 179 Å². The zero-order chi connectivity index (χ0) is 21.4. The topological polar surface area (TPSA) is 69.0 Å². The molecule has 6 heteroatoms. The van der Waals surface area contributed by atoms with E-state index < -0.39 is 0 Å². The van der Waals surface area contributed by atoms with Crippen molar-refractivity contribution in [2.24, 2.45) is 0 Å². The normalized spacial score (nSPS) is 11.0. The molecule has 3 aromatic heterocycles. The van der Waals surface area contributed by atoms with E-state index in [1.54, 1.807) is 30.2 Å². The number of aromatic nitrogens is 3. The molecule has 1 N–H and O–H groups in total. The Hall–Kier alpha value is -4.19. The van der Waals surface area contributed by atoms with Crippen LogP contribution in [0.15, 0.2) is 79.3 Å². The summed E-state index contributed by atoms with van der Waals surface area (Å²) in [5.74, 6) is 1.43. The number of carbonyl (C=O) groups is 1. The maximum absolute atomic E-state index is 12.2. The van der Waals surface area contributed by atoms with Gasteiger partial charge in [-0.05, 0) is 72.6 Å². The Morgan fingerprint density at radius 2 is 1.77 bits per heavy atom. The molecule has 5 rings (SSSR count). The fraction of sp³-hybridized carbons (Fsp3) is 0.0800. The average Bonchev–Trinajstić information content (AvgIpc) is 3.14. The first-order chi connectivity index (χ1) is 15.1. The van der Waals surface area contributed by atoms with Crippen molar-refractivity contribution in [2.45, 2.75) is 6.92 Å². The molecule has 0 atom stereocenters. The van der Waals surface area contributed by atoms with Crippen LogP contribution in [0.5, 0.6) is 11.5 Å². The van der Waals surface area contributed by atoms with Gasteiger partial charge in [-0.3, -0.25) is 14.5 Å². The van der Waals surface area contributed by atoms with Gasteiger partial charge in [-0.2, -0.15) is 0 Å². The van der Waals surface area contributed by atoms with Crippen LogP contribution in [0, 0.1) is 6.92 Å². The lowest BCUT2D eigenvalue weighted by Gasteiger charge is -2.10. The van der Waals surface area contributed by atoms with Crippen molar-refractivity contribution in [2.75, 3.05) is 7.05 Å². The molecule has 0 saturated carbocycles. The summed E-state index contributed by atoms with van der Waals surface area (Å²) in [4.78, 5) is 20.8. The highest BCUT2D eigenvalue weighted by Gasteiger charge is 2.13. The minimum atomic E-state index is -0.161. The number of benzene rings is 2. The third-order valence-electron chi connectivity index (χ3n) is 5.32. The molecule has 31 heavy (non-hydrogen) atoms. The van der Waals surface area contributed by atoms with Gasteiger partial charge in [-0.25, -0.2) is 4.79 Å². The van der Waals surface area contributed by atoms with Crippen LogP contribution in [0.1, 0.15) is 5.69 Å². The van der Waals surface area contributed by atoms with Crippen LogP contribution in [0.3, 0.4) is 0 Å². The van der Waals surface area contributed by atoms with Crippen molar-refractivity contribution in [3.8, 4) is 22.6 Å². The van der Waals surface area contributed by atoms with Gasteiger partial charge in [0.2, 0.25) is 0 Å². The first kappa shape index (κ1) is 18.8. The third kappa shape index (κ3) is 3.38. The van der Waals surface area contributed by atoms with Crippen LogP contribution in [0.25, 0.3) is 32.9 Å². The second-order valence-electron chi connectivity index (χ2n) is 7.28. The number of aryl methyl sites for hydroxylation is 1. The van der Waals surface area contributed by atoms with Gasteiger partial charge in [-0.15, -0.1) is 0 Å². The van der Waals surface area contributed by atoms with Gasteiger partial charge in [0.25, 0.3) is 0 Å². The number of ether oxygens (including phenoxy) is 1. The molecule has 0 aliphatic rings. The number of carbonyl (C=O) groups excluding carboxylic acids is 1. The maximum Gasteiger partial charge on any atom is 0.325 e. The second-order valence-corrected chi connectivity index (χ2v) is 7.28. The molecule has 0 radical (unpaired) electrons. The van der Waals surface area contributed by atoms with Gasteiger partial charge in [0.05, 0.1) is 11.0 Å². The molecule has 0 spiro atoms. The highest BCUT2D eigenvalue weighted by Crippen LogP contribution is 2.33. The minimum Gasteiger partial charge on any atom is -0.457 e. The number of pyridine rings is 2. The lowest BCUT2D eigenvalue weighted by molar-refractivity contribution is 0.245. The number of fused-ring (bicyclic) bond motifs is 2. The number of hydrogen-bond donors (Lipinski definition) is 1. The summed E-state index contributed by atoms with van der Waals surface area (Å²) >= 11 is 0. The SMILES string of the molecule is CNC(=O)n1c(C)cc2cc(Oc3ccnc4cc(-c5ccncc5)ccc34)ccc21. The van der Waals surface area contributed by atoms with Gasteiger partial charge in [0.15, 0.2) is 0 Å². The van der Waals surface area contributed by atoms with Gasteiger partial charge in [-0.1, -0.05) is 6.07 Å². The van der Waals surface area contributed by atoms with Crippen molar-refractivity contribution >= 4 is 27.8 Å². The molecule has 152 valence electrons. The van der Waals surface area contributed by atoms with Crippen molar-refractivity contribution < 1.29 is 9.53 Å². The van der Waals surface area contributed by atoms with Crippen LogP contribution in [0.2, 0.25) is 0 Å². The summed E-state index contributed by atoms with van der Waals surface area (Å²) < 4.78 is 7.88. The fourth-order valence-electron chi connectivity index (χ4n) is 3.84. The van der Waals surface area contributed by atoms with Crippen molar-refractivity contribution in [3.63, 3.8) is 0 Å². The van der Waals surface area contributed by atoms with E-state index >= 15 is 0 Å². The van der Waals surface area contributed by atoms with E-state index in [1.807, 2.05) is 61.5 Å². The monoisotopic (exact) mass is 408 g/mol. The Balaban J connectivity index is 1.51. The summed E-state index contributed by atoms with van der Waals surface area (Å²) in [6.45, 7) is 1.91. The zero-order valence-corrected chi connectivity index (χ0v) is 17.2. The zero-order valence-electron chi connectivity index (χ0n) is 17.2. The van der Waals surface area contributed by atoms with Crippen LogP contribution < -0.4 is 10.1 Å². The van der Waals surface area contributed by atoms with E-state index in [9.17, 15) is 4.79 Å². The van der Waals surface area contributed by atoms with E-state index in [-0.39, 0.29) is 6.03 Å². The van der Waals surface area contributed by atoms with Gasteiger partial charge >= 0.3 is 6.03 Å². The first-order valence-electron chi connectivity index (χ1n) is 9.95. The smallest absolute Gasteiger partial charge is 0.325 e.